The third-order valence-electron chi connectivity index (χ3n) is 2.77. The fourth-order valence-corrected chi connectivity index (χ4v) is 2.16. The van der Waals surface area contributed by atoms with Gasteiger partial charge in [-0.05, 0) is 30.5 Å². The van der Waals surface area contributed by atoms with E-state index in [2.05, 4.69) is 15.9 Å². The van der Waals surface area contributed by atoms with E-state index in [1.165, 1.54) is 0 Å². The summed E-state index contributed by atoms with van der Waals surface area (Å²) in [5, 5.41) is 0. The molecule has 116 valence electrons. The smallest absolute Gasteiger partial charge is 0.305 e. The predicted octanol–water partition coefficient (Wildman–Crippen LogP) is 3.66. The number of hydrogen-bond acceptors (Lipinski definition) is 4. The Morgan fingerprint density at radius 1 is 1.10 bits per heavy atom. The van der Waals surface area contributed by atoms with Crippen LogP contribution < -0.4 is 0 Å². The average Bonchev–Trinajstić information content (AvgIpc) is 2.45. The summed E-state index contributed by atoms with van der Waals surface area (Å²) in [5.41, 5.74) is 1.11. The highest BCUT2D eigenvalue weighted by atomic mass is 79.9. The predicted molar refractivity (Wildman–Crippen MR) is 83.9 cm³/mol. The van der Waals surface area contributed by atoms with Gasteiger partial charge in [-0.15, -0.1) is 0 Å². The SMILES string of the molecule is CCCOC(=O)CCCC(=O)OCCc1cccc(Br)c1. The van der Waals surface area contributed by atoms with E-state index in [1.54, 1.807) is 0 Å². The van der Waals surface area contributed by atoms with E-state index in [0.717, 1.165) is 16.5 Å². The van der Waals surface area contributed by atoms with Crippen molar-refractivity contribution in [3.8, 4) is 0 Å². The van der Waals surface area contributed by atoms with Gasteiger partial charge in [0.1, 0.15) is 0 Å². The zero-order valence-corrected chi connectivity index (χ0v) is 13.9. The Hall–Kier alpha value is -1.36. The van der Waals surface area contributed by atoms with Crippen molar-refractivity contribution in [3.05, 3.63) is 34.3 Å². The third-order valence-corrected chi connectivity index (χ3v) is 3.27. The van der Waals surface area contributed by atoms with Crippen LogP contribution >= 0.6 is 15.9 Å². The molecule has 0 spiro atoms. The number of carbonyl (C=O) groups is 2. The molecule has 0 radical (unpaired) electrons. The first-order valence-corrected chi connectivity index (χ1v) is 7.96. The van der Waals surface area contributed by atoms with Crippen molar-refractivity contribution in [1.82, 2.24) is 0 Å². The number of esters is 2. The maximum Gasteiger partial charge on any atom is 0.305 e. The Balaban J connectivity index is 2.10. The monoisotopic (exact) mass is 356 g/mol. The topological polar surface area (TPSA) is 52.6 Å². The van der Waals surface area contributed by atoms with Gasteiger partial charge in [0.15, 0.2) is 0 Å². The summed E-state index contributed by atoms with van der Waals surface area (Å²) >= 11 is 3.40. The minimum atomic E-state index is -0.270. The molecular weight excluding hydrogens is 336 g/mol. The first-order valence-electron chi connectivity index (χ1n) is 7.17. The van der Waals surface area contributed by atoms with Gasteiger partial charge in [0.25, 0.3) is 0 Å². The fourth-order valence-electron chi connectivity index (χ4n) is 1.71. The summed E-state index contributed by atoms with van der Waals surface area (Å²) in [6.07, 6.45) is 2.48. The molecule has 0 saturated carbocycles. The quantitative estimate of drug-likeness (QED) is 0.633. The minimum absolute atomic E-state index is 0.250. The lowest BCUT2D eigenvalue weighted by molar-refractivity contribution is -0.145. The van der Waals surface area contributed by atoms with Crippen LogP contribution in [0.25, 0.3) is 0 Å². The second-order valence-corrected chi connectivity index (χ2v) is 5.59. The van der Waals surface area contributed by atoms with Crippen molar-refractivity contribution in [2.45, 2.75) is 39.0 Å². The van der Waals surface area contributed by atoms with E-state index < -0.39 is 0 Å². The largest absolute Gasteiger partial charge is 0.466 e. The molecule has 0 aromatic heterocycles. The lowest BCUT2D eigenvalue weighted by atomic mass is 10.2. The van der Waals surface area contributed by atoms with Gasteiger partial charge >= 0.3 is 11.9 Å². The summed E-state index contributed by atoms with van der Waals surface area (Å²) < 4.78 is 11.1. The van der Waals surface area contributed by atoms with Crippen LogP contribution in [0.1, 0.15) is 38.2 Å². The highest BCUT2D eigenvalue weighted by Crippen LogP contribution is 2.12. The van der Waals surface area contributed by atoms with Gasteiger partial charge in [0.05, 0.1) is 13.2 Å². The second kappa shape index (κ2) is 10.4. The van der Waals surface area contributed by atoms with Crippen LogP contribution in [0.15, 0.2) is 28.7 Å². The molecular formula is C16H21BrO4. The van der Waals surface area contributed by atoms with Gasteiger partial charge in [-0.2, -0.15) is 0 Å². The van der Waals surface area contributed by atoms with Crippen LogP contribution in [0.5, 0.6) is 0 Å². The van der Waals surface area contributed by atoms with Crippen molar-refractivity contribution in [1.29, 1.82) is 0 Å². The van der Waals surface area contributed by atoms with Gasteiger partial charge < -0.3 is 9.47 Å². The molecule has 0 heterocycles. The molecule has 0 aliphatic carbocycles. The summed E-state index contributed by atoms with van der Waals surface area (Å²) in [6.45, 7) is 2.74. The number of rotatable bonds is 9. The molecule has 0 atom stereocenters. The molecule has 0 unspecified atom stereocenters. The van der Waals surface area contributed by atoms with Crippen molar-refractivity contribution in [2.75, 3.05) is 13.2 Å². The van der Waals surface area contributed by atoms with E-state index in [0.29, 0.717) is 26.1 Å². The third kappa shape index (κ3) is 8.50. The standard InChI is InChI=1S/C16H21BrO4/c1-2-10-20-15(18)7-4-8-16(19)21-11-9-13-5-3-6-14(17)12-13/h3,5-6,12H,2,4,7-11H2,1H3. The van der Waals surface area contributed by atoms with Crippen LogP contribution in [0.4, 0.5) is 0 Å². The number of carbonyl (C=O) groups excluding carboxylic acids is 2. The Morgan fingerprint density at radius 2 is 1.76 bits per heavy atom. The van der Waals surface area contributed by atoms with Crippen LogP contribution in [0.2, 0.25) is 0 Å². The van der Waals surface area contributed by atoms with E-state index in [4.69, 9.17) is 9.47 Å². The highest BCUT2D eigenvalue weighted by molar-refractivity contribution is 9.10. The van der Waals surface area contributed by atoms with Crippen molar-refractivity contribution >= 4 is 27.9 Å². The van der Waals surface area contributed by atoms with Gasteiger partial charge in [0, 0.05) is 23.7 Å². The molecule has 1 rings (SSSR count). The number of ether oxygens (including phenoxy) is 2. The normalized spacial score (nSPS) is 10.2. The van der Waals surface area contributed by atoms with E-state index in [-0.39, 0.29) is 24.8 Å². The molecule has 0 bridgehead atoms. The summed E-state index contributed by atoms with van der Waals surface area (Å²) in [5.74, 6) is -0.521. The maximum absolute atomic E-state index is 11.5. The summed E-state index contributed by atoms with van der Waals surface area (Å²) in [7, 11) is 0. The molecule has 0 aliphatic heterocycles. The molecule has 5 heteroatoms. The first kappa shape index (κ1) is 17.7. The molecule has 0 amide bonds. The van der Waals surface area contributed by atoms with Gasteiger partial charge in [0.2, 0.25) is 0 Å². The average molecular weight is 357 g/mol. The number of halogens is 1. The van der Waals surface area contributed by atoms with E-state index in [1.807, 2.05) is 31.2 Å². The Bertz CT molecular complexity index is 459. The number of hydrogen-bond donors (Lipinski definition) is 0. The molecule has 21 heavy (non-hydrogen) atoms. The molecule has 0 N–H and O–H groups in total. The van der Waals surface area contributed by atoms with E-state index in [9.17, 15) is 9.59 Å². The molecule has 1 aromatic rings. The maximum atomic E-state index is 11.5. The van der Waals surface area contributed by atoms with Crippen molar-refractivity contribution < 1.29 is 19.1 Å². The molecule has 0 aliphatic rings. The van der Waals surface area contributed by atoms with Crippen molar-refractivity contribution in [2.24, 2.45) is 0 Å². The lowest BCUT2D eigenvalue weighted by Gasteiger charge is -2.06. The van der Waals surface area contributed by atoms with Crippen LogP contribution in [-0.2, 0) is 25.5 Å². The van der Waals surface area contributed by atoms with Crippen LogP contribution in [0, 0.1) is 0 Å². The minimum Gasteiger partial charge on any atom is -0.466 e. The Morgan fingerprint density at radius 3 is 2.38 bits per heavy atom. The summed E-state index contributed by atoms with van der Waals surface area (Å²) in [6, 6.07) is 7.89. The molecule has 0 fully saturated rings. The zero-order chi connectivity index (χ0) is 15.5. The lowest BCUT2D eigenvalue weighted by Crippen LogP contribution is -2.10. The summed E-state index contributed by atoms with van der Waals surface area (Å²) in [4.78, 5) is 22.7. The molecule has 0 saturated heterocycles. The molecule has 1 aromatic carbocycles. The van der Waals surface area contributed by atoms with Gasteiger partial charge in [-0.25, -0.2) is 0 Å². The zero-order valence-electron chi connectivity index (χ0n) is 12.3. The highest BCUT2D eigenvalue weighted by Gasteiger charge is 2.07. The van der Waals surface area contributed by atoms with E-state index >= 15 is 0 Å². The van der Waals surface area contributed by atoms with Gasteiger partial charge in [-0.1, -0.05) is 35.0 Å². The number of benzene rings is 1. The Labute approximate surface area is 133 Å². The van der Waals surface area contributed by atoms with Crippen molar-refractivity contribution in [3.63, 3.8) is 0 Å². The first-order chi connectivity index (χ1) is 10.1. The fraction of sp³-hybridized carbons (Fsp3) is 0.500. The van der Waals surface area contributed by atoms with Crippen LogP contribution in [-0.4, -0.2) is 25.2 Å². The Kier molecular flexibility index (Phi) is 8.74. The van der Waals surface area contributed by atoms with Crippen LogP contribution in [0.3, 0.4) is 0 Å². The second-order valence-electron chi connectivity index (χ2n) is 4.67. The van der Waals surface area contributed by atoms with Gasteiger partial charge in [-0.3, -0.25) is 9.59 Å². The molecule has 4 nitrogen and oxygen atoms in total.